The lowest BCUT2D eigenvalue weighted by Gasteiger charge is -2.33. The Hall–Kier alpha value is -6.41. The summed E-state index contributed by atoms with van der Waals surface area (Å²) >= 11 is 0. The fourth-order valence-electron chi connectivity index (χ4n) is 6.38. The second kappa shape index (κ2) is 19.3. The molecule has 290 valence electrons. The van der Waals surface area contributed by atoms with Crippen LogP contribution in [0.5, 0.6) is 0 Å². The first-order chi connectivity index (χ1) is 26.9. The largest absolute Gasteiger partial charge is 0.475 e. The average molecular weight is 761 g/mol. The number of hydrogen-bond acceptors (Lipinski definition) is 10. The number of nitrogens with one attached hydrogen (secondary N) is 2. The Labute approximate surface area is 324 Å². The minimum Gasteiger partial charge on any atom is -0.475 e. The molecule has 2 aromatic carbocycles. The molecule has 7 rings (SSSR count). The van der Waals surface area contributed by atoms with Crippen LogP contribution in [0, 0.1) is 37.5 Å². The van der Waals surface area contributed by atoms with E-state index in [0.29, 0.717) is 25.7 Å². The normalized spacial score (nSPS) is 21.1. The van der Waals surface area contributed by atoms with Crippen LogP contribution >= 0.6 is 0 Å². The fourth-order valence-corrected chi connectivity index (χ4v) is 6.38. The smallest absolute Gasteiger partial charge is 0.374 e. The molecule has 2 aliphatic carbocycles. The Morgan fingerprint density at radius 2 is 1.20 bits per heavy atom. The molecule has 2 fully saturated rings. The summed E-state index contributed by atoms with van der Waals surface area (Å²) in [4.78, 5) is 34.0. The minimum atomic E-state index is -1.09. The molecule has 0 saturated heterocycles. The zero-order valence-electron chi connectivity index (χ0n) is 31.2. The number of rotatable bonds is 5. The van der Waals surface area contributed by atoms with Crippen LogP contribution in [-0.2, 0) is 0 Å². The molecule has 3 heterocycles. The second-order valence-corrected chi connectivity index (χ2v) is 13.9. The maximum absolute atomic E-state index is 12.1. The van der Waals surface area contributed by atoms with Crippen molar-refractivity contribution in [2.24, 2.45) is 0 Å². The maximum atomic E-state index is 12.1. The highest BCUT2D eigenvalue weighted by atomic mass is 16.5. The molecule has 5 N–H and O–H groups in total. The van der Waals surface area contributed by atoms with Gasteiger partial charge in [-0.25, -0.2) is 4.79 Å². The number of hydrogen-bond donors (Lipinski definition) is 5. The van der Waals surface area contributed by atoms with E-state index in [2.05, 4.69) is 49.2 Å². The van der Waals surface area contributed by atoms with Crippen LogP contribution in [-0.4, -0.2) is 66.7 Å². The summed E-state index contributed by atoms with van der Waals surface area (Å²) in [5.74, 6) is 10.8. The first-order valence-corrected chi connectivity index (χ1v) is 18.2. The first-order valence-electron chi connectivity index (χ1n) is 18.2. The fraction of sp³-hybridized carbons (Fsp3) is 0.326. The Morgan fingerprint density at radius 1 is 0.696 bits per heavy atom. The van der Waals surface area contributed by atoms with Crippen molar-refractivity contribution in [3.8, 4) is 23.7 Å². The van der Waals surface area contributed by atoms with Crippen molar-refractivity contribution in [3.63, 3.8) is 0 Å². The highest BCUT2D eigenvalue weighted by Gasteiger charge is 2.35. The lowest BCUT2D eigenvalue weighted by Crippen LogP contribution is -2.45. The molecular formula is C43H44N4O9. The van der Waals surface area contributed by atoms with E-state index in [1.807, 2.05) is 62.4 Å². The molecule has 56 heavy (non-hydrogen) atoms. The molecule has 0 unspecified atom stereocenters. The first kappa shape index (κ1) is 40.8. The van der Waals surface area contributed by atoms with E-state index in [0.717, 1.165) is 47.9 Å². The molecule has 4 atom stereocenters. The van der Waals surface area contributed by atoms with Gasteiger partial charge in [-0.2, -0.15) is 0 Å². The van der Waals surface area contributed by atoms with Crippen molar-refractivity contribution in [1.82, 2.24) is 20.9 Å². The van der Waals surface area contributed by atoms with Gasteiger partial charge in [0.25, 0.3) is 11.8 Å². The number of amides is 2. The van der Waals surface area contributed by atoms with E-state index >= 15 is 0 Å². The highest BCUT2D eigenvalue weighted by molar-refractivity contribution is 5.92. The SMILES string of the molecule is Cc1cccc(C#C[C@@]2(O)CCC[C@@H](NC(=O)c3ccco3)C2)c1.Cc1cccc(C#C[C@@]2(O)CCC[C@@H](NC(=O)c3ccno3)C2)c1.O=C(O)c1ccno1. The van der Waals surface area contributed by atoms with Gasteiger partial charge in [-0.05, 0) is 99.9 Å². The van der Waals surface area contributed by atoms with Crippen molar-refractivity contribution in [2.45, 2.75) is 88.5 Å². The summed E-state index contributed by atoms with van der Waals surface area (Å²) < 4.78 is 14.2. The van der Waals surface area contributed by atoms with Gasteiger partial charge in [-0.1, -0.05) is 58.3 Å². The van der Waals surface area contributed by atoms with E-state index in [1.165, 1.54) is 30.8 Å². The molecule has 0 aliphatic heterocycles. The van der Waals surface area contributed by atoms with E-state index in [1.54, 1.807) is 12.1 Å². The number of carbonyl (C=O) groups excluding carboxylic acids is 2. The Morgan fingerprint density at radius 3 is 1.61 bits per heavy atom. The van der Waals surface area contributed by atoms with Crippen molar-refractivity contribution in [1.29, 1.82) is 0 Å². The Bertz CT molecular complexity index is 2040. The minimum absolute atomic E-state index is 0.104. The van der Waals surface area contributed by atoms with Crippen molar-refractivity contribution < 1.29 is 43.2 Å². The topological polar surface area (TPSA) is 201 Å². The van der Waals surface area contributed by atoms with Gasteiger partial charge in [0.15, 0.2) is 5.76 Å². The molecule has 2 aliphatic rings. The zero-order chi connectivity index (χ0) is 40.0. The molecule has 3 aromatic heterocycles. The summed E-state index contributed by atoms with van der Waals surface area (Å²) in [7, 11) is 0. The molecule has 5 aromatic rings. The second-order valence-electron chi connectivity index (χ2n) is 13.9. The molecule has 13 nitrogen and oxygen atoms in total. The lowest BCUT2D eigenvalue weighted by molar-refractivity contribution is 0.0438. The quantitative estimate of drug-likeness (QED) is 0.135. The molecule has 0 bridgehead atoms. The summed E-state index contributed by atoms with van der Waals surface area (Å²) in [5, 5.41) is 42.2. The van der Waals surface area contributed by atoms with Gasteiger partial charge in [-0.3, -0.25) is 9.59 Å². The lowest BCUT2D eigenvalue weighted by atomic mass is 9.82. The summed E-state index contributed by atoms with van der Waals surface area (Å²) in [6.07, 6.45) is 9.53. The van der Waals surface area contributed by atoms with Crippen LogP contribution in [0.2, 0.25) is 0 Å². The summed E-state index contributed by atoms with van der Waals surface area (Å²) in [5.41, 5.74) is 1.90. The number of carboxylic acid groups (broad SMARTS) is 1. The number of carbonyl (C=O) groups is 3. The Balaban J connectivity index is 0.000000179. The predicted molar refractivity (Wildman–Crippen MR) is 204 cm³/mol. The number of aromatic nitrogens is 2. The Kier molecular flexibility index (Phi) is 14.0. The van der Waals surface area contributed by atoms with E-state index in [-0.39, 0.29) is 41.2 Å². The number of carboxylic acids is 1. The van der Waals surface area contributed by atoms with E-state index < -0.39 is 17.2 Å². The van der Waals surface area contributed by atoms with E-state index in [4.69, 9.17) is 14.0 Å². The molecule has 2 amide bonds. The third-order valence-electron chi connectivity index (χ3n) is 9.09. The van der Waals surface area contributed by atoms with Crippen molar-refractivity contribution >= 4 is 17.8 Å². The summed E-state index contributed by atoms with van der Waals surface area (Å²) in [6.45, 7) is 4.02. The van der Waals surface area contributed by atoms with Crippen LogP contribution in [0.1, 0.15) is 105 Å². The van der Waals surface area contributed by atoms with Crippen LogP contribution in [0.4, 0.5) is 0 Å². The third-order valence-corrected chi connectivity index (χ3v) is 9.09. The molecule has 13 heteroatoms. The molecule has 0 radical (unpaired) electrons. The van der Waals surface area contributed by atoms with E-state index in [9.17, 15) is 24.6 Å². The van der Waals surface area contributed by atoms with Crippen molar-refractivity contribution in [3.05, 3.63) is 131 Å². The van der Waals surface area contributed by atoms with Crippen LogP contribution < -0.4 is 10.6 Å². The number of aliphatic hydroxyl groups is 2. The molecule has 0 spiro atoms. The third kappa shape index (κ3) is 12.6. The van der Waals surface area contributed by atoms with Crippen LogP contribution in [0.15, 0.2) is 105 Å². The van der Waals surface area contributed by atoms with Gasteiger partial charge < -0.3 is 39.4 Å². The van der Waals surface area contributed by atoms with Gasteiger partial charge in [0.1, 0.15) is 11.2 Å². The summed E-state index contributed by atoms with van der Waals surface area (Å²) in [6, 6.07) is 21.6. The monoisotopic (exact) mass is 760 g/mol. The van der Waals surface area contributed by atoms with Gasteiger partial charge >= 0.3 is 5.97 Å². The van der Waals surface area contributed by atoms with Gasteiger partial charge in [-0.15, -0.1) is 0 Å². The van der Waals surface area contributed by atoms with Gasteiger partial charge in [0.2, 0.25) is 11.5 Å². The number of benzene rings is 2. The van der Waals surface area contributed by atoms with Gasteiger partial charge in [0.05, 0.1) is 18.7 Å². The standard InChI is InChI=1S/C20H21NO3.C19H20N2O3.C4H3NO3/c1-15-5-2-6-16(13-15)9-11-20(23)10-3-7-17(14-20)21-19(22)18-8-4-12-24-18;1-14-4-2-5-15(12-14)7-10-19(23)9-3-6-16(13-19)21-18(22)17-8-11-20-24-17;6-4(7)3-1-2-5-8-3/h2,4-6,8,12-13,17,23H,3,7,10,14H2,1H3,(H,21,22);2,4-5,8,11-12,16,23H,3,6,9,13H2,1H3,(H,21,22);1-2H,(H,6,7)/t17-,20+;16-,19+;/m11./s1. The highest BCUT2D eigenvalue weighted by Crippen LogP contribution is 2.29. The zero-order valence-corrected chi connectivity index (χ0v) is 31.2. The predicted octanol–water partition coefficient (Wildman–Crippen LogP) is 5.85. The number of furan rings is 1. The average Bonchev–Trinajstić information content (AvgIpc) is 3.99. The molecule has 2 saturated carbocycles. The van der Waals surface area contributed by atoms with Crippen LogP contribution in [0.25, 0.3) is 0 Å². The van der Waals surface area contributed by atoms with Gasteiger partial charge in [0, 0.05) is 48.2 Å². The van der Waals surface area contributed by atoms with Crippen molar-refractivity contribution in [2.75, 3.05) is 0 Å². The number of nitrogens with zero attached hydrogens (tertiary/aromatic N) is 2. The number of aryl methyl sites for hydroxylation is 2. The molecular weight excluding hydrogens is 716 g/mol. The van der Waals surface area contributed by atoms with Crippen LogP contribution in [0.3, 0.4) is 0 Å². The maximum Gasteiger partial charge on any atom is 0.374 e. The number of aromatic carboxylic acids is 1.